The number of rotatable bonds is 4. The van der Waals surface area contributed by atoms with Crippen LogP contribution in [0.4, 0.5) is 5.69 Å². The van der Waals surface area contributed by atoms with Gasteiger partial charge in [0.25, 0.3) is 11.8 Å². The molecule has 29 heavy (non-hydrogen) atoms. The van der Waals surface area contributed by atoms with E-state index in [-0.39, 0.29) is 21.7 Å². The molecule has 2 amide bonds. The smallest absolute Gasteiger partial charge is 0.325 e. The molecule has 0 aromatic heterocycles. The average molecular weight is 425 g/mol. The molecule has 0 saturated carbocycles. The van der Waals surface area contributed by atoms with Crippen LogP contribution >= 0.6 is 24.0 Å². The topological polar surface area (TPSA) is 66.9 Å². The minimum atomic E-state index is -0.573. The van der Waals surface area contributed by atoms with E-state index in [9.17, 15) is 14.4 Å². The van der Waals surface area contributed by atoms with E-state index in [4.69, 9.17) is 12.2 Å². The highest BCUT2D eigenvalue weighted by atomic mass is 32.2. The average Bonchev–Trinajstić information content (AvgIpc) is 3.16. The van der Waals surface area contributed by atoms with E-state index in [0.717, 1.165) is 23.0 Å². The number of benzene rings is 2. The zero-order valence-electron chi connectivity index (χ0n) is 15.5. The third kappa shape index (κ3) is 3.45. The van der Waals surface area contributed by atoms with Gasteiger partial charge >= 0.3 is 5.97 Å². The first kappa shape index (κ1) is 19.4. The van der Waals surface area contributed by atoms with Crippen LogP contribution in [-0.2, 0) is 25.7 Å². The molecule has 0 atom stereocenters. The lowest BCUT2D eigenvalue weighted by Gasteiger charge is -2.17. The van der Waals surface area contributed by atoms with Gasteiger partial charge in [0.1, 0.15) is 10.9 Å². The summed E-state index contributed by atoms with van der Waals surface area (Å²) in [5.41, 5.74) is 2.73. The summed E-state index contributed by atoms with van der Waals surface area (Å²) >= 11 is 6.31. The first-order chi connectivity index (χ1) is 14.0. The monoisotopic (exact) mass is 424 g/mol. The highest BCUT2D eigenvalue weighted by Gasteiger charge is 2.42. The van der Waals surface area contributed by atoms with Gasteiger partial charge in [0.05, 0.1) is 29.8 Å². The highest BCUT2D eigenvalue weighted by molar-refractivity contribution is 8.26. The van der Waals surface area contributed by atoms with Gasteiger partial charge in [-0.25, -0.2) is 0 Å². The zero-order valence-corrected chi connectivity index (χ0v) is 17.1. The number of thioether (sulfide) groups is 1. The molecule has 0 aliphatic carbocycles. The van der Waals surface area contributed by atoms with Crippen LogP contribution in [0, 0.1) is 0 Å². The summed E-state index contributed by atoms with van der Waals surface area (Å²) in [6.45, 7) is 0.115. The second-order valence-corrected chi connectivity index (χ2v) is 8.08. The SMILES string of the molecule is COC(=O)CN1C(=O)C(=C2C(=O)N(Cc3ccccc3)c3ccccc32)SC1=S. The maximum Gasteiger partial charge on any atom is 0.325 e. The molecule has 2 aromatic carbocycles. The number of methoxy groups -OCH3 is 1. The number of anilines is 1. The van der Waals surface area contributed by atoms with E-state index in [1.807, 2.05) is 54.6 Å². The van der Waals surface area contributed by atoms with Crippen molar-refractivity contribution in [3.63, 3.8) is 0 Å². The van der Waals surface area contributed by atoms with Crippen LogP contribution < -0.4 is 4.90 Å². The van der Waals surface area contributed by atoms with Gasteiger partial charge in [-0.3, -0.25) is 19.3 Å². The van der Waals surface area contributed by atoms with Crippen molar-refractivity contribution in [3.05, 3.63) is 70.6 Å². The number of thiocarbonyl (C=S) groups is 1. The molecule has 146 valence electrons. The molecule has 2 aliphatic heterocycles. The molecule has 1 fully saturated rings. The predicted octanol–water partition coefficient (Wildman–Crippen LogP) is 2.98. The number of carbonyl (C=O) groups is 3. The van der Waals surface area contributed by atoms with Gasteiger partial charge in [-0.15, -0.1) is 0 Å². The molecule has 2 aliphatic rings. The Kier molecular flexibility index (Phi) is 5.21. The summed E-state index contributed by atoms with van der Waals surface area (Å²) in [4.78, 5) is 41.0. The van der Waals surface area contributed by atoms with E-state index in [1.165, 1.54) is 12.0 Å². The van der Waals surface area contributed by atoms with Crippen molar-refractivity contribution in [1.82, 2.24) is 4.90 Å². The lowest BCUT2D eigenvalue weighted by atomic mass is 10.1. The largest absolute Gasteiger partial charge is 0.468 e. The lowest BCUT2D eigenvalue weighted by Crippen LogP contribution is -2.34. The fourth-order valence-corrected chi connectivity index (χ4v) is 4.63. The van der Waals surface area contributed by atoms with Crippen molar-refractivity contribution in [3.8, 4) is 0 Å². The summed E-state index contributed by atoms with van der Waals surface area (Å²) < 4.78 is 4.87. The lowest BCUT2D eigenvalue weighted by molar-refractivity contribution is -0.143. The Bertz CT molecular complexity index is 1070. The number of hydrogen-bond donors (Lipinski definition) is 0. The fraction of sp³-hybridized carbons (Fsp3) is 0.143. The van der Waals surface area contributed by atoms with E-state index in [1.54, 1.807) is 4.90 Å². The minimum absolute atomic E-state index is 0.231. The molecule has 4 rings (SSSR count). The molecule has 0 N–H and O–H groups in total. The van der Waals surface area contributed by atoms with Crippen LogP contribution in [0.5, 0.6) is 0 Å². The quantitative estimate of drug-likeness (QED) is 0.427. The first-order valence-electron chi connectivity index (χ1n) is 8.81. The number of fused-ring (bicyclic) bond motifs is 1. The molecule has 0 spiro atoms. The van der Waals surface area contributed by atoms with Crippen LogP contribution in [0.1, 0.15) is 11.1 Å². The molecule has 0 bridgehead atoms. The van der Waals surface area contributed by atoms with Crippen molar-refractivity contribution >= 4 is 57.3 Å². The Morgan fingerprint density at radius 2 is 1.69 bits per heavy atom. The van der Waals surface area contributed by atoms with E-state index < -0.39 is 11.9 Å². The van der Waals surface area contributed by atoms with Crippen LogP contribution in [0.25, 0.3) is 5.57 Å². The van der Waals surface area contributed by atoms with Gasteiger partial charge in [0.2, 0.25) is 0 Å². The Morgan fingerprint density at radius 1 is 1.00 bits per heavy atom. The summed E-state index contributed by atoms with van der Waals surface area (Å²) in [6.07, 6.45) is 0. The number of esters is 1. The maximum absolute atomic E-state index is 13.3. The van der Waals surface area contributed by atoms with Crippen molar-refractivity contribution < 1.29 is 19.1 Å². The van der Waals surface area contributed by atoms with Crippen LogP contribution in [0.2, 0.25) is 0 Å². The van der Waals surface area contributed by atoms with Crippen molar-refractivity contribution in [2.75, 3.05) is 18.6 Å². The molecule has 1 saturated heterocycles. The van der Waals surface area contributed by atoms with Crippen molar-refractivity contribution in [2.45, 2.75) is 6.54 Å². The number of para-hydroxylation sites is 1. The van der Waals surface area contributed by atoms with Gasteiger partial charge in [-0.1, -0.05) is 72.5 Å². The minimum Gasteiger partial charge on any atom is -0.468 e. The van der Waals surface area contributed by atoms with Crippen LogP contribution in [-0.4, -0.2) is 40.7 Å². The predicted molar refractivity (Wildman–Crippen MR) is 115 cm³/mol. The highest BCUT2D eigenvalue weighted by Crippen LogP contribution is 2.44. The summed E-state index contributed by atoms with van der Waals surface area (Å²) in [7, 11) is 1.25. The second-order valence-electron chi connectivity index (χ2n) is 6.43. The van der Waals surface area contributed by atoms with Crippen molar-refractivity contribution in [2.24, 2.45) is 0 Å². The Morgan fingerprint density at radius 3 is 2.41 bits per heavy atom. The van der Waals surface area contributed by atoms with Crippen molar-refractivity contribution in [1.29, 1.82) is 0 Å². The number of carbonyl (C=O) groups excluding carboxylic acids is 3. The Hall–Kier alpha value is -2.97. The second kappa shape index (κ2) is 7.81. The molecule has 0 radical (unpaired) electrons. The maximum atomic E-state index is 13.3. The number of amides is 2. The Labute approximate surface area is 177 Å². The van der Waals surface area contributed by atoms with Gasteiger partial charge in [-0.05, 0) is 11.6 Å². The number of ether oxygens (including phenoxy) is 1. The molecule has 0 unspecified atom stereocenters. The van der Waals surface area contributed by atoms with Gasteiger partial charge in [0, 0.05) is 5.56 Å². The van der Waals surface area contributed by atoms with Gasteiger partial charge in [0.15, 0.2) is 0 Å². The molecular formula is C21H16N2O4S2. The van der Waals surface area contributed by atoms with E-state index in [2.05, 4.69) is 4.74 Å². The summed E-state index contributed by atoms with van der Waals surface area (Å²) in [5, 5.41) is 0. The Balaban J connectivity index is 1.74. The standard InChI is InChI=1S/C21H16N2O4S2/c1-27-16(24)12-23-20(26)18(29-21(23)28)17-14-9-5-6-10-15(14)22(19(17)25)11-13-7-3-2-4-8-13/h2-10H,11-12H2,1H3. The molecule has 2 aromatic rings. The van der Waals surface area contributed by atoms with Crippen LogP contribution in [0.3, 0.4) is 0 Å². The number of hydrogen-bond acceptors (Lipinski definition) is 6. The number of nitrogens with zero attached hydrogens (tertiary/aromatic N) is 2. The third-order valence-electron chi connectivity index (χ3n) is 4.70. The van der Waals surface area contributed by atoms with Crippen LogP contribution in [0.15, 0.2) is 59.5 Å². The summed E-state index contributed by atoms with van der Waals surface area (Å²) in [6, 6.07) is 17.0. The normalized spacial score (nSPS) is 18.4. The third-order valence-corrected chi connectivity index (χ3v) is 6.15. The molecule has 8 heteroatoms. The molecule has 2 heterocycles. The van der Waals surface area contributed by atoms with E-state index in [0.29, 0.717) is 17.7 Å². The van der Waals surface area contributed by atoms with Gasteiger partial charge < -0.3 is 9.64 Å². The molecule has 6 nitrogen and oxygen atoms in total. The van der Waals surface area contributed by atoms with Gasteiger partial charge in [-0.2, -0.15) is 0 Å². The van der Waals surface area contributed by atoms with E-state index >= 15 is 0 Å². The summed E-state index contributed by atoms with van der Waals surface area (Å²) in [5.74, 6) is -1.28. The fourth-order valence-electron chi connectivity index (χ4n) is 3.30. The zero-order chi connectivity index (χ0) is 20.5. The first-order valence-corrected chi connectivity index (χ1v) is 10.0. The molecular weight excluding hydrogens is 408 g/mol.